The number of primary amides is 1. The minimum Gasteiger partial charge on any atom is -0.495 e. The fourth-order valence-electron chi connectivity index (χ4n) is 9.84. The Morgan fingerprint density at radius 2 is 1.80 bits per heavy atom. The van der Waals surface area contributed by atoms with Gasteiger partial charge in [-0.05, 0) is 101 Å². The number of fused-ring (bicyclic) bond motifs is 5. The normalized spacial score (nSPS) is 25.0. The quantitative estimate of drug-likeness (QED) is 0.0110. The summed E-state index contributed by atoms with van der Waals surface area (Å²) in [6.07, 6.45) is 0.0247. The van der Waals surface area contributed by atoms with Gasteiger partial charge in [-0.1, -0.05) is 78.7 Å². The van der Waals surface area contributed by atoms with Gasteiger partial charge in [0.05, 0.1) is 49.2 Å². The molecule has 2 unspecified atom stereocenters. The second-order valence-corrected chi connectivity index (χ2v) is 22.4. The number of rotatable bonds is 23. The smallest absolute Gasteiger partial charge is 0.412 e. The largest absolute Gasteiger partial charge is 0.495 e. The first-order valence-electron chi connectivity index (χ1n) is 27.1. The molecule has 11 atom stereocenters. The van der Waals surface area contributed by atoms with Crippen molar-refractivity contribution < 1.29 is 76.3 Å². The molecule has 4 bridgehead atoms. The molecular formula is C57H77BrClFN8O15. The van der Waals surface area contributed by atoms with Crippen molar-refractivity contribution in [2.24, 2.45) is 17.6 Å². The Bertz CT molecular complexity index is 2790. The lowest BCUT2D eigenvalue weighted by atomic mass is 9.83. The molecule has 0 radical (unpaired) electrons. The number of hydrogen-bond acceptors (Lipinski definition) is 16. The van der Waals surface area contributed by atoms with Gasteiger partial charge in [-0.15, -0.1) is 0 Å². The molecule has 0 spiro atoms. The third kappa shape index (κ3) is 18.4. The van der Waals surface area contributed by atoms with Crippen LogP contribution in [0.5, 0.6) is 5.75 Å². The third-order valence-electron chi connectivity index (χ3n) is 14.7. The fourth-order valence-corrected chi connectivity index (χ4v) is 10.4. The van der Waals surface area contributed by atoms with Crippen molar-refractivity contribution in [2.45, 2.75) is 153 Å². The highest BCUT2D eigenvalue weighted by atomic mass is 79.9. The molecule has 7 amide bonds. The second-order valence-electron chi connectivity index (χ2n) is 21.5. The van der Waals surface area contributed by atoms with E-state index in [-0.39, 0.29) is 64.8 Å². The number of halogens is 3. The number of aliphatic hydroxyl groups is 1. The van der Waals surface area contributed by atoms with Crippen molar-refractivity contribution in [3.05, 3.63) is 82.7 Å². The molecular weight excluding hydrogens is 1170 g/mol. The molecule has 3 aliphatic heterocycles. The van der Waals surface area contributed by atoms with Crippen molar-refractivity contribution in [3.63, 3.8) is 0 Å². The molecule has 0 aromatic heterocycles. The summed E-state index contributed by atoms with van der Waals surface area (Å²) in [5.74, 6) is -4.31. The van der Waals surface area contributed by atoms with Gasteiger partial charge < -0.3 is 64.9 Å². The number of esters is 1. The number of carbonyl (C=O) groups is 8. The van der Waals surface area contributed by atoms with E-state index in [4.69, 9.17) is 45.8 Å². The second kappa shape index (κ2) is 30.3. The van der Waals surface area contributed by atoms with E-state index < -0.39 is 126 Å². The molecule has 3 aliphatic rings. The lowest BCUT2D eigenvalue weighted by Gasteiger charge is -2.42. The zero-order valence-corrected chi connectivity index (χ0v) is 50.4. The first-order chi connectivity index (χ1) is 39.2. The summed E-state index contributed by atoms with van der Waals surface area (Å²) >= 11 is 9.98. The molecule has 0 aliphatic carbocycles. The van der Waals surface area contributed by atoms with Crippen molar-refractivity contribution in [1.82, 2.24) is 21.3 Å². The summed E-state index contributed by atoms with van der Waals surface area (Å²) in [6, 6.07) is 3.00. The number of anilines is 3. The van der Waals surface area contributed by atoms with Crippen LogP contribution in [-0.4, -0.2) is 146 Å². The van der Waals surface area contributed by atoms with Gasteiger partial charge in [0, 0.05) is 49.6 Å². The molecule has 2 aromatic carbocycles. The minimum atomic E-state index is -1.93. The van der Waals surface area contributed by atoms with E-state index in [1.807, 2.05) is 13.0 Å². The van der Waals surface area contributed by atoms with Gasteiger partial charge in [0.15, 0.2) is 5.72 Å². The van der Waals surface area contributed by atoms with Crippen molar-refractivity contribution >= 4 is 92.8 Å². The van der Waals surface area contributed by atoms with Crippen molar-refractivity contribution in [1.29, 1.82) is 0 Å². The number of nitrogens with two attached hydrogens (primary N) is 1. The molecule has 9 N–H and O–H groups in total. The average molecular weight is 1250 g/mol. The summed E-state index contributed by atoms with van der Waals surface area (Å²) in [5, 5.41) is 27.9. The van der Waals surface area contributed by atoms with Crippen molar-refractivity contribution in [2.75, 3.05) is 48.7 Å². The van der Waals surface area contributed by atoms with Gasteiger partial charge in [-0.3, -0.25) is 30.3 Å². The fraction of sp³-hybridized carbons (Fsp3) is 0.544. The van der Waals surface area contributed by atoms with Crippen LogP contribution in [-0.2, 0) is 54.1 Å². The number of methoxy groups -OCH3 is 2. The number of alkyl carbamates (subject to hydrolysis) is 1. The average Bonchev–Trinajstić information content (AvgIpc) is 1.90. The number of carbonyl (C=O) groups excluding carboxylic acids is 8. The Labute approximate surface area is 495 Å². The molecule has 0 saturated carbocycles. The number of nitrogens with zero attached hydrogens (tertiary/aromatic N) is 1. The molecule has 2 fully saturated rings. The molecule has 26 heteroatoms. The van der Waals surface area contributed by atoms with E-state index in [0.717, 1.165) is 23.3 Å². The number of alkyl halides is 1. The number of hydrogen-bond donors (Lipinski definition) is 8. The summed E-state index contributed by atoms with van der Waals surface area (Å²) in [7, 11) is 4.31. The van der Waals surface area contributed by atoms with Crippen LogP contribution in [0.1, 0.15) is 92.1 Å². The molecule has 2 saturated heterocycles. The topological polar surface area (TPSA) is 317 Å². The lowest BCUT2D eigenvalue weighted by Crippen LogP contribution is -2.63. The van der Waals surface area contributed by atoms with Gasteiger partial charge in [0.1, 0.15) is 52.8 Å². The highest BCUT2D eigenvalue weighted by Crippen LogP contribution is 2.49. The number of ether oxygens (including phenoxy) is 6. The van der Waals surface area contributed by atoms with Crippen LogP contribution >= 0.6 is 27.5 Å². The monoisotopic (exact) mass is 1250 g/mol. The predicted molar refractivity (Wildman–Crippen MR) is 310 cm³/mol. The number of benzene rings is 2. The molecule has 3 heterocycles. The van der Waals surface area contributed by atoms with Crippen molar-refractivity contribution in [3.8, 4) is 5.75 Å². The number of aldehydes is 1. The molecule has 456 valence electrons. The van der Waals surface area contributed by atoms with E-state index in [1.165, 1.54) is 32.2 Å². The Balaban J connectivity index is 1.34. The maximum Gasteiger partial charge on any atom is 0.412 e. The Kier molecular flexibility index (Phi) is 24.5. The number of urea groups is 1. The first kappa shape index (κ1) is 67.2. The minimum absolute atomic E-state index is 0.0183. The van der Waals surface area contributed by atoms with Crippen LogP contribution in [0.15, 0.2) is 66.3 Å². The molecule has 83 heavy (non-hydrogen) atoms. The molecule has 23 nitrogen and oxygen atoms in total. The highest BCUT2D eigenvalue weighted by Gasteiger charge is 2.64. The van der Waals surface area contributed by atoms with E-state index in [9.17, 15) is 43.5 Å². The summed E-state index contributed by atoms with van der Waals surface area (Å²) in [4.78, 5) is 106. The molecule has 2 aromatic rings. The summed E-state index contributed by atoms with van der Waals surface area (Å²) < 4.78 is 50.6. The SMILES string of the molecule is C=C(CBr)C(=O)OC(C)CCCC(C=O)N[C@H](C(=O)N[C@@H](CCCNC(N)=O)C(=O)Nc1ccc(NC(=O)O[C@H]2CC(=O)N(C)c3cc(cc(OC)c3Cl)C/C(C)=C/C=C/[C@@H](OC)[C@@]3(O)C[C@H](OC(=O)N3)[C@@H](C)[C@@H]3O[C@@]23C)c(F)c1)C(C)C. The lowest BCUT2D eigenvalue weighted by molar-refractivity contribution is -0.144. The highest BCUT2D eigenvalue weighted by molar-refractivity contribution is 9.09. The maximum absolute atomic E-state index is 16.1. The zero-order chi connectivity index (χ0) is 61.5. The Morgan fingerprint density at radius 3 is 2.43 bits per heavy atom. The van der Waals surface area contributed by atoms with Gasteiger partial charge in [0.2, 0.25) is 17.7 Å². The van der Waals surface area contributed by atoms with Crippen LogP contribution in [0.3, 0.4) is 0 Å². The van der Waals surface area contributed by atoms with Gasteiger partial charge in [0.25, 0.3) is 0 Å². The Hall–Kier alpha value is -6.64. The van der Waals surface area contributed by atoms with Gasteiger partial charge in [-0.2, -0.15) is 0 Å². The van der Waals surface area contributed by atoms with Crippen LogP contribution in [0.25, 0.3) is 0 Å². The van der Waals surface area contributed by atoms with E-state index in [0.29, 0.717) is 32.0 Å². The first-order valence-corrected chi connectivity index (χ1v) is 28.6. The van der Waals surface area contributed by atoms with E-state index in [1.54, 1.807) is 58.9 Å². The van der Waals surface area contributed by atoms with Crippen LogP contribution < -0.4 is 47.3 Å². The summed E-state index contributed by atoms with van der Waals surface area (Å²) in [6.45, 7) is 14.1. The number of amides is 7. The predicted octanol–water partition coefficient (Wildman–Crippen LogP) is 6.62. The zero-order valence-electron chi connectivity index (χ0n) is 48.1. The maximum atomic E-state index is 16.1. The van der Waals surface area contributed by atoms with Crippen LogP contribution in [0.4, 0.5) is 35.8 Å². The van der Waals surface area contributed by atoms with Crippen LogP contribution in [0, 0.1) is 17.7 Å². The van der Waals surface area contributed by atoms with E-state index >= 15 is 4.39 Å². The van der Waals surface area contributed by atoms with Gasteiger partial charge in [-0.25, -0.2) is 23.6 Å². The number of epoxide rings is 1. The Morgan fingerprint density at radius 1 is 1.07 bits per heavy atom. The molecule has 5 rings (SSSR count). The number of nitrogens with one attached hydrogen (secondary N) is 6. The third-order valence-corrected chi connectivity index (χ3v) is 15.7. The summed E-state index contributed by atoms with van der Waals surface area (Å²) in [5.41, 5.74) is 3.53. The van der Waals surface area contributed by atoms with Crippen LogP contribution in [0.2, 0.25) is 5.02 Å². The number of allylic oxidation sites excluding steroid dienone is 3. The van der Waals surface area contributed by atoms with Gasteiger partial charge >= 0.3 is 24.2 Å². The standard InChI is InChI=1S/C57H77BrClFN8O15/c1-30(2)48(63-37(29-69)16-12-15-33(5)80-52(73)32(4)28-58)51(72)65-40(17-13-21-62-53(61)74)50(71)64-36-19-20-39(38(60)25-36)66-54(75)82-45-26-46(70)68(8)41-23-35(24-42(78-9)47(41)59)22-31(3)14-11-18-44(79-10)57(77)27-43(81-55(76)67-57)34(6)49-56(45,7)83-49/h11,14,18-20,23-25,29-30,33-34,37,40,43-45,48-49,63,77H,4,12-13,15-17,21-22,26-28H2,1-3,5-10H3,(H,64,71)(H,65,72)(H,66,75)(H,67,76)(H3,61,62,74)/b18-11+,31-14+/t33?,34-,37?,40+,43+,44-,45+,48+,49+,56+,57+/m1/s1. The van der Waals surface area contributed by atoms with E-state index in [2.05, 4.69) is 54.4 Å².